The number of carbonyl (C=O) groups is 1. The van der Waals surface area contributed by atoms with Gasteiger partial charge in [0.2, 0.25) is 0 Å². The summed E-state index contributed by atoms with van der Waals surface area (Å²) < 4.78 is 0. The van der Waals surface area contributed by atoms with E-state index in [0.29, 0.717) is 18.4 Å². The number of hydrogen-bond donors (Lipinski definition) is 1. The quantitative estimate of drug-likeness (QED) is 0.722. The Kier molecular flexibility index (Phi) is 5.20. The highest BCUT2D eigenvalue weighted by atomic mass is 16.4. The van der Waals surface area contributed by atoms with Gasteiger partial charge in [0, 0.05) is 19.6 Å². The minimum absolute atomic E-state index is 0.483. The molecule has 0 aliphatic carbocycles. The Labute approximate surface area is 112 Å². The Hall–Kier alpha value is -0.570. The maximum absolute atomic E-state index is 11.3. The van der Waals surface area contributed by atoms with Gasteiger partial charge in [0.1, 0.15) is 0 Å². The first-order valence-corrected chi connectivity index (χ1v) is 7.37. The highest BCUT2D eigenvalue weighted by Gasteiger charge is 2.44. The van der Waals surface area contributed by atoms with Crippen molar-refractivity contribution in [1.29, 1.82) is 0 Å². The highest BCUT2D eigenvalue weighted by molar-refractivity contribution is 5.74. The van der Waals surface area contributed by atoms with Gasteiger partial charge in [-0.05, 0) is 31.6 Å². The minimum atomic E-state index is -0.659. The van der Waals surface area contributed by atoms with Gasteiger partial charge in [0.25, 0.3) is 0 Å². The van der Waals surface area contributed by atoms with Gasteiger partial charge >= 0.3 is 5.97 Å². The lowest BCUT2D eigenvalue weighted by Gasteiger charge is -2.52. The third kappa shape index (κ3) is 3.25. The molecule has 1 heterocycles. The van der Waals surface area contributed by atoms with Crippen LogP contribution in [0.2, 0.25) is 0 Å². The molecule has 1 N–H and O–H groups in total. The molecule has 0 aromatic heterocycles. The second-order valence-corrected chi connectivity index (χ2v) is 6.36. The first-order chi connectivity index (χ1) is 8.41. The van der Waals surface area contributed by atoms with Crippen molar-refractivity contribution in [3.63, 3.8) is 0 Å². The lowest BCUT2D eigenvalue weighted by molar-refractivity contribution is -0.152. The Morgan fingerprint density at radius 1 is 1.22 bits per heavy atom. The fourth-order valence-electron chi connectivity index (χ4n) is 3.34. The van der Waals surface area contributed by atoms with Crippen LogP contribution in [0.4, 0.5) is 0 Å². The van der Waals surface area contributed by atoms with E-state index >= 15 is 0 Å². The molecule has 1 atom stereocenters. The number of carboxylic acid groups (broad SMARTS) is 1. The van der Waals surface area contributed by atoms with Crippen molar-refractivity contribution in [3.8, 4) is 0 Å². The van der Waals surface area contributed by atoms with Crippen LogP contribution in [0.1, 0.15) is 59.8 Å². The summed E-state index contributed by atoms with van der Waals surface area (Å²) in [6.07, 6.45) is 5.74. The van der Waals surface area contributed by atoms with E-state index in [2.05, 4.69) is 18.7 Å². The van der Waals surface area contributed by atoms with Crippen LogP contribution in [0.15, 0.2) is 0 Å². The molecule has 1 fully saturated rings. The number of rotatable bonds is 8. The average Bonchev–Trinajstić information content (AvgIpc) is 2.27. The summed E-state index contributed by atoms with van der Waals surface area (Å²) in [4.78, 5) is 13.7. The van der Waals surface area contributed by atoms with Crippen LogP contribution in [0, 0.1) is 10.8 Å². The predicted octanol–water partition coefficient (Wildman–Crippen LogP) is 3.39. The number of carboxylic acids is 1. The van der Waals surface area contributed by atoms with Gasteiger partial charge in [-0.2, -0.15) is 0 Å². The SMILES string of the molecule is CCCC1(CCC)CN(CC(C)(CC)C(=O)O)C1. The van der Waals surface area contributed by atoms with Crippen LogP contribution in [0.5, 0.6) is 0 Å². The van der Waals surface area contributed by atoms with Crippen LogP contribution in [0.25, 0.3) is 0 Å². The number of aliphatic carboxylic acids is 1. The topological polar surface area (TPSA) is 40.5 Å². The van der Waals surface area contributed by atoms with E-state index < -0.39 is 11.4 Å². The fourth-order valence-corrected chi connectivity index (χ4v) is 3.34. The van der Waals surface area contributed by atoms with E-state index in [1.807, 2.05) is 13.8 Å². The molecule has 1 unspecified atom stereocenters. The monoisotopic (exact) mass is 255 g/mol. The minimum Gasteiger partial charge on any atom is -0.481 e. The molecule has 3 nitrogen and oxygen atoms in total. The molecule has 0 aromatic rings. The molecule has 0 amide bonds. The zero-order valence-electron chi connectivity index (χ0n) is 12.5. The lowest BCUT2D eigenvalue weighted by Crippen LogP contribution is -2.59. The van der Waals surface area contributed by atoms with Crippen molar-refractivity contribution < 1.29 is 9.90 Å². The Balaban J connectivity index is 2.52. The molecule has 0 radical (unpaired) electrons. The molecule has 1 saturated heterocycles. The molecule has 18 heavy (non-hydrogen) atoms. The molecule has 3 heteroatoms. The second-order valence-electron chi connectivity index (χ2n) is 6.36. The lowest BCUT2D eigenvalue weighted by atomic mass is 9.71. The van der Waals surface area contributed by atoms with Crippen LogP contribution in [-0.2, 0) is 4.79 Å². The van der Waals surface area contributed by atoms with E-state index in [0.717, 1.165) is 13.1 Å². The molecular weight excluding hydrogens is 226 g/mol. The van der Waals surface area contributed by atoms with Crippen molar-refractivity contribution in [2.24, 2.45) is 10.8 Å². The van der Waals surface area contributed by atoms with E-state index in [9.17, 15) is 9.90 Å². The summed E-state index contributed by atoms with van der Waals surface area (Å²) in [5.74, 6) is -0.659. The summed E-state index contributed by atoms with van der Waals surface area (Å²) in [7, 11) is 0. The van der Waals surface area contributed by atoms with Gasteiger partial charge < -0.3 is 10.0 Å². The van der Waals surface area contributed by atoms with E-state index in [-0.39, 0.29) is 0 Å². The number of nitrogens with zero attached hydrogens (tertiary/aromatic N) is 1. The summed E-state index contributed by atoms with van der Waals surface area (Å²) in [6.45, 7) is 11.2. The van der Waals surface area contributed by atoms with E-state index in [1.54, 1.807) is 0 Å². The molecule has 106 valence electrons. The summed E-state index contributed by atoms with van der Waals surface area (Å²) >= 11 is 0. The Bertz CT molecular complexity index is 276. The van der Waals surface area contributed by atoms with Crippen LogP contribution in [-0.4, -0.2) is 35.6 Å². The van der Waals surface area contributed by atoms with Gasteiger partial charge in [-0.15, -0.1) is 0 Å². The third-order valence-electron chi connectivity index (χ3n) is 4.55. The summed E-state index contributed by atoms with van der Waals surface area (Å²) in [5.41, 5.74) is -0.0960. The maximum atomic E-state index is 11.3. The second kappa shape index (κ2) is 6.05. The number of hydrogen-bond acceptors (Lipinski definition) is 2. The summed E-state index contributed by atoms with van der Waals surface area (Å²) in [6, 6.07) is 0. The standard InChI is InChI=1S/C15H29NO2/c1-5-8-15(9-6-2)11-16(12-15)10-14(4,7-3)13(17)18/h5-12H2,1-4H3,(H,17,18). The van der Waals surface area contributed by atoms with Crippen LogP contribution >= 0.6 is 0 Å². The predicted molar refractivity (Wildman–Crippen MR) is 74.7 cm³/mol. The van der Waals surface area contributed by atoms with Crippen molar-refractivity contribution in [1.82, 2.24) is 4.90 Å². The Morgan fingerprint density at radius 3 is 2.06 bits per heavy atom. The van der Waals surface area contributed by atoms with Crippen molar-refractivity contribution in [3.05, 3.63) is 0 Å². The average molecular weight is 255 g/mol. The fraction of sp³-hybridized carbons (Fsp3) is 0.933. The normalized spacial score (nSPS) is 22.2. The molecule has 1 rings (SSSR count). The first-order valence-electron chi connectivity index (χ1n) is 7.37. The van der Waals surface area contributed by atoms with Gasteiger partial charge in [-0.3, -0.25) is 4.79 Å². The van der Waals surface area contributed by atoms with Crippen molar-refractivity contribution >= 4 is 5.97 Å². The highest BCUT2D eigenvalue weighted by Crippen LogP contribution is 2.41. The smallest absolute Gasteiger partial charge is 0.310 e. The molecule has 0 saturated carbocycles. The van der Waals surface area contributed by atoms with Crippen molar-refractivity contribution in [2.75, 3.05) is 19.6 Å². The van der Waals surface area contributed by atoms with Crippen LogP contribution < -0.4 is 0 Å². The van der Waals surface area contributed by atoms with E-state index in [1.165, 1.54) is 25.7 Å². The molecular formula is C15H29NO2. The third-order valence-corrected chi connectivity index (χ3v) is 4.55. The first kappa shape index (κ1) is 15.5. The van der Waals surface area contributed by atoms with Gasteiger partial charge in [0.15, 0.2) is 0 Å². The maximum Gasteiger partial charge on any atom is 0.310 e. The Morgan fingerprint density at radius 2 is 1.72 bits per heavy atom. The zero-order valence-corrected chi connectivity index (χ0v) is 12.5. The van der Waals surface area contributed by atoms with E-state index in [4.69, 9.17) is 0 Å². The van der Waals surface area contributed by atoms with Gasteiger partial charge in [-0.25, -0.2) is 0 Å². The number of likely N-dealkylation sites (tertiary alicyclic amines) is 1. The molecule has 1 aliphatic rings. The van der Waals surface area contributed by atoms with Gasteiger partial charge in [-0.1, -0.05) is 33.6 Å². The summed E-state index contributed by atoms with van der Waals surface area (Å²) in [5, 5.41) is 9.31. The molecule has 0 spiro atoms. The molecule has 0 aromatic carbocycles. The zero-order chi connectivity index (χ0) is 13.8. The van der Waals surface area contributed by atoms with Crippen LogP contribution in [0.3, 0.4) is 0 Å². The molecule has 0 bridgehead atoms. The van der Waals surface area contributed by atoms with Crippen molar-refractivity contribution in [2.45, 2.75) is 59.8 Å². The molecule has 1 aliphatic heterocycles. The van der Waals surface area contributed by atoms with Gasteiger partial charge in [0.05, 0.1) is 5.41 Å². The largest absolute Gasteiger partial charge is 0.481 e.